The summed E-state index contributed by atoms with van der Waals surface area (Å²) in [6.45, 7) is 5.13. The average Bonchev–Trinajstić information content (AvgIpc) is 2.46. The Balaban J connectivity index is 1.78. The second-order valence-electron chi connectivity index (χ2n) is 4.74. The van der Waals surface area contributed by atoms with Crippen LogP contribution in [0.25, 0.3) is 10.8 Å². The van der Waals surface area contributed by atoms with Crippen LogP contribution >= 0.6 is 0 Å². The van der Waals surface area contributed by atoms with E-state index in [0.29, 0.717) is 0 Å². The van der Waals surface area contributed by atoms with Crippen LogP contribution in [-0.4, -0.2) is 19.7 Å². The zero-order valence-corrected chi connectivity index (χ0v) is 11.7. The van der Waals surface area contributed by atoms with E-state index < -0.39 is 0 Å². The predicted octanol–water partition coefficient (Wildman–Crippen LogP) is 4.00. The van der Waals surface area contributed by atoms with Crippen molar-refractivity contribution >= 4 is 10.8 Å². The molecule has 0 aliphatic rings. The second kappa shape index (κ2) is 7.80. The van der Waals surface area contributed by atoms with E-state index in [1.165, 1.54) is 23.6 Å². The third-order valence-corrected chi connectivity index (χ3v) is 3.26. The normalized spacial score (nSPS) is 10.8. The molecule has 2 aromatic carbocycles. The Labute approximate surface area is 115 Å². The monoisotopic (exact) mass is 257 g/mol. The first-order valence-corrected chi connectivity index (χ1v) is 7.23. The Morgan fingerprint density at radius 3 is 2.68 bits per heavy atom. The molecule has 102 valence electrons. The summed E-state index contributed by atoms with van der Waals surface area (Å²) in [6, 6.07) is 14.6. The highest BCUT2D eigenvalue weighted by atomic mass is 16.5. The molecule has 2 nitrogen and oxygen atoms in total. The van der Waals surface area contributed by atoms with Crippen molar-refractivity contribution in [1.82, 2.24) is 5.32 Å². The SMILES string of the molecule is CCNCCCCCOc1cccc2ccccc12. The molecule has 0 aromatic heterocycles. The van der Waals surface area contributed by atoms with Crippen LogP contribution in [0.2, 0.25) is 0 Å². The first-order chi connectivity index (χ1) is 9.42. The highest BCUT2D eigenvalue weighted by Crippen LogP contribution is 2.25. The molecule has 0 unspecified atom stereocenters. The van der Waals surface area contributed by atoms with Gasteiger partial charge < -0.3 is 10.1 Å². The molecule has 19 heavy (non-hydrogen) atoms. The van der Waals surface area contributed by atoms with E-state index in [2.05, 4.69) is 54.7 Å². The van der Waals surface area contributed by atoms with Crippen LogP contribution < -0.4 is 10.1 Å². The summed E-state index contributed by atoms with van der Waals surface area (Å²) in [5.74, 6) is 1.00. The van der Waals surface area contributed by atoms with Crippen molar-refractivity contribution in [3.8, 4) is 5.75 Å². The minimum atomic E-state index is 0.806. The summed E-state index contributed by atoms with van der Waals surface area (Å²) >= 11 is 0. The van der Waals surface area contributed by atoms with Gasteiger partial charge in [0.1, 0.15) is 5.75 Å². The summed E-state index contributed by atoms with van der Waals surface area (Å²) in [6.07, 6.45) is 3.57. The van der Waals surface area contributed by atoms with Gasteiger partial charge in [-0.15, -0.1) is 0 Å². The lowest BCUT2D eigenvalue weighted by Gasteiger charge is -2.09. The molecule has 0 aliphatic heterocycles. The molecule has 0 amide bonds. The zero-order valence-electron chi connectivity index (χ0n) is 11.7. The quantitative estimate of drug-likeness (QED) is 0.722. The molecule has 0 saturated carbocycles. The molecule has 0 atom stereocenters. The van der Waals surface area contributed by atoms with Gasteiger partial charge in [-0.05, 0) is 43.8 Å². The van der Waals surface area contributed by atoms with E-state index in [1.807, 2.05) is 0 Å². The van der Waals surface area contributed by atoms with Gasteiger partial charge in [-0.1, -0.05) is 43.3 Å². The number of benzene rings is 2. The molecule has 0 fully saturated rings. The fourth-order valence-electron chi connectivity index (χ4n) is 2.21. The standard InChI is InChI=1S/C17H23NO/c1-2-18-13-6-3-7-14-19-17-12-8-10-15-9-4-5-11-16(15)17/h4-5,8-12,18H,2-3,6-7,13-14H2,1H3. The van der Waals surface area contributed by atoms with Crippen molar-refractivity contribution in [1.29, 1.82) is 0 Å². The lowest BCUT2D eigenvalue weighted by molar-refractivity contribution is 0.308. The highest BCUT2D eigenvalue weighted by Gasteiger charge is 2.00. The van der Waals surface area contributed by atoms with Crippen LogP contribution in [0, 0.1) is 0 Å². The first kappa shape index (κ1) is 13.9. The number of fused-ring (bicyclic) bond motifs is 1. The number of nitrogens with one attached hydrogen (secondary N) is 1. The second-order valence-corrected chi connectivity index (χ2v) is 4.74. The largest absolute Gasteiger partial charge is 0.493 e. The lowest BCUT2D eigenvalue weighted by Crippen LogP contribution is -2.14. The van der Waals surface area contributed by atoms with Crippen molar-refractivity contribution in [3.05, 3.63) is 42.5 Å². The lowest BCUT2D eigenvalue weighted by atomic mass is 10.1. The Bertz CT molecular complexity index is 490. The molecule has 2 aromatic rings. The molecular weight excluding hydrogens is 234 g/mol. The Morgan fingerprint density at radius 2 is 1.79 bits per heavy atom. The topological polar surface area (TPSA) is 21.3 Å². The first-order valence-electron chi connectivity index (χ1n) is 7.23. The van der Waals surface area contributed by atoms with Crippen LogP contribution in [0.3, 0.4) is 0 Å². The molecule has 0 saturated heterocycles. The van der Waals surface area contributed by atoms with Gasteiger partial charge in [0.2, 0.25) is 0 Å². The molecule has 2 rings (SSSR count). The summed E-state index contributed by atoms with van der Waals surface area (Å²) in [5, 5.41) is 5.79. The van der Waals surface area contributed by atoms with Gasteiger partial charge >= 0.3 is 0 Å². The van der Waals surface area contributed by atoms with Crippen molar-refractivity contribution in [2.75, 3.05) is 19.7 Å². The smallest absolute Gasteiger partial charge is 0.127 e. The van der Waals surface area contributed by atoms with Crippen molar-refractivity contribution in [2.24, 2.45) is 0 Å². The van der Waals surface area contributed by atoms with Crippen molar-refractivity contribution < 1.29 is 4.74 Å². The van der Waals surface area contributed by atoms with Gasteiger partial charge in [0.05, 0.1) is 6.61 Å². The van der Waals surface area contributed by atoms with E-state index >= 15 is 0 Å². The Hall–Kier alpha value is -1.54. The van der Waals surface area contributed by atoms with E-state index in [9.17, 15) is 0 Å². The van der Waals surface area contributed by atoms with Gasteiger partial charge in [0, 0.05) is 5.39 Å². The molecule has 0 bridgehead atoms. The maximum Gasteiger partial charge on any atom is 0.127 e. The van der Waals surface area contributed by atoms with E-state index in [1.54, 1.807) is 0 Å². The Morgan fingerprint density at radius 1 is 0.947 bits per heavy atom. The minimum Gasteiger partial charge on any atom is -0.493 e. The highest BCUT2D eigenvalue weighted by molar-refractivity contribution is 5.88. The zero-order chi connectivity index (χ0) is 13.3. The summed E-state index contributed by atoms with van der Waals surface area (Å²) in [5.41, 5.74) is 0. The summed E-state index contributed by atoms with van der Waals surface area (Å²) in [4.78, 5) is 0. The van der Waals surface area contributed by atoms with Gasteiger partial charge in [-0.25, -0.2) is 0 Å². The van der Waals surface area contributed by atoms with Crippen LogP contribution in [0.1, 0.15) is 26.2 Å². The number of ether oxygens (including phenoxy) is 1. The third-order valence-electron chi connectivity index (χ3n) is 3.26. The predicted molar refractivity (Wildman–Crippen MR) is 81.8 cm³/mol. The van der Waals surface area contributed by atoms with Gasteiger partial charge in [0.25, 0.3) is 0 Å². The molecule has 0 radical (unpaired) electrons. The molecule has 0 spiro atoms. The molecule has 0 heterocycles. The molecular formula is C17H23NO. The Kier molecular flexibility index (Phi) is 5.70. The minimum absolute atomic E-state index is 0.806. The van der Waals surface area contributed by atoms with Gasteiger partial charge in [-0.2, -0.15) is 0 Å². The van der Waals surface area contributed by atoms with Crippen molar-refractivity contribution in [2.45, 2.75) is 26.2 Å². The molecule has 0 aliphatic carbocycles. The van der Waals surface area contributed by atoms with Gasteiger partial charge in [0.15, 0.2) is 0 Å². The number of hydrogen-bond acceptors (Lipinski definition) is 2. The number of rotatable bonds is 8. The fraction of sp³-hybridized carbons (Fsp3) is 0.412. The average molecular weight is 257 g/mol. The van der Waals surface area contributed by atoms with Crippen molar-refractivity contribution in [3.63, 3.8) is 0 Å². The fourth-order valence-corrected chi connectivity index (χ4v) is 2.21. The van der Waals surface area contributed by atoms with E-state index in [-0.39, 0.29) is 0 Å². The summed E-state index contributed by atoms with van der Waals surface area (Å²) in [7, 11) is 0. The number of unbranched alkanes of at least 4 members (excludes halogenated alkanes) is 2. The maximum absolute atomic E-state index is 5.91. The molecule has 1 N–H and O–H groups in total. The van der Waals surface area contributed by atoms with Crippen LogP contribution in [0.15, 0.2) is 42.5 Å². The van der Waals surface area contributed by atoms with Gasteiger partial charge in [-0.3, -0.25) is 0 Å². The summed E-state index contributed by atoms with van der Waals surface area (Å²) < 4.78 is 5.91. The van der Waals surface area contributed by atoms with E-state index in [0.717, 1.165) is 31.9 Å². The maximum atomic E-state index is 5.91. The van der Waals surface area contributed by atoms with Crippen LogP contribution in [0.5, 0.6) is 5.75 Å². The number of hydrogen-bond donors (Lipinski definition) is 1. The van der Waals surface area contributed by atoms with E-state index in [4.69, 9.17) is 4.74 Å². The van der Waals surface area contributed by atoms with Crippen LogP contribution in [0.4, 0.5) is 0 Å². The van der Waals surface area contributed by atoms with Crippen LogP contribution in [-0.2, 0) is 0 Å². The molecule has 2 heteroatoms. The third kappa shape index (κ3) is 4.25.